The zero-order valence-corrected chi connectivity index (χ0v) is 17.6. The highest BCUT2D eigenvalue weighted by atomic mass is 16.2. The summed E-state index contributed by atoms with van der Waals surface area (Å²) in [5, 5.41) is 10.1. The molecular formula is C21H33N5O3. The van der Waals surface area contributed by atoms with Crippen molar-refractivity contribution in [3.8, 4) is 0 Å². The summed E-state index contributed by atoms with van der Waals surface area (Å²) >= 11 is 0. The number of aromatic nitrogens is 2. The van der Waals surface area contributed by atoms with Crippen LogP contribution in [0, 0.1) is 5.92 Å². The summed E-state index contributed by atoms with van der Waals surface area (Å²) in [5.41, 5.74) is 2.17. The van der Waals surface area contributed by atoms with Crippen LogP contribution in [-0.2, 0) is 29.1 Å². The molecule has 2 aliphatic rings. The fraction of sp³-hybridized carbons (Fsp3) is 0.714. The van der Waals surface area contributed by atoms with Gasteiger partial charge in [-0.2, -0.15) is 5.10 Å². The zero-order chi connectivity index (χ0) is 20.8. The van der Waals surface area contributed by atoms with E-state index in [1.54, 1.807) is 11.9 Å². The Morgan fingerprint density at radius 1 is 1.17 bits per heavy atom. The summed E-state index contributed by atoms with van der Waals surface area (Å²) in [6.07, 6.45) is 8.66. The Kier molecular flexibility index (Phi) is 7.28. The molecule has 8 heteroatoms. The monoisotopic (exact) mass is 403 g/mol. The molecule has 160 valence electrons. The lowest BCUT2D eigenvalue weighted by atomic mass is 9.86. The third kappa shape index (κ3) is 5.36. The molecule has 3 rings (SSSR count). The van der Waals surface area contributed by atoms with E-state index in [4.69, 9.17) is 0 Å². The van der Waals surface area contributed by atoms with Gasteiger partial charge in [-0.1, -0.05) is 32.1 Å². The lowest BCUT2D eigenvalue weighted by Gasteiger charge is -2.26. The number of nitrogens with zero attached hydrogens (tertiary/aromatic N) is 3. The minimum atomic E-state index is -0.248. The Hall–Kier alpha value is -2.38. The van der Waals surface area contributed by atoms with Crippen molar-refractivity contribution in [2.45, 2.75) is 71.4 Å². The van der Waals surface area contributed by atoms with E-state index in [2.05, 4.69) is 15.7 Å². The molecule has 0 bridgehead atoms. The SMILES string of the molecule is CNC(=O)c1nn(CCNC(=O)CCC2CCCCC2)c2c1CN(C(C)=O)CC2. The van der Waals surface area contributed by atoms with Gasteiger partial charge in [0.1, 0.15) is 0 Å². The first-order valence-corrected chi connectivity index (χ1v) is 10.8. The van der Waals surface area contributed by atoms with Crippen molar-refractivity contribution in [1.29, 1.82) is 0 Å². The van der Waals surface area contributed by atoms with Crippen molar-refractivity contribution in [1.82, 2.24) is 25.3 Å². The highest BCUT2D eigenvalue weighted by molar-refractivity contribution is 5.94. The molecule has 1 aliphatic carbocycles. The number of hydrogen-bond acceptors (Lipinski definition) is 4. The maximum Gasteiger partial charge on any atom is 0.271 e. The van der Waals surface area contributed by atoms with Gasteiger partial charge in [-0.15, -0.1) is 0 Å². The van der Waals surface area contributed by atoms with Crippen molar-refractivity contribution in [3.63, 3.8) is 0 Å². The molecule has 0 radical (unpaired) electrons. The van der Waals surface area contributed by atoms with E-state index in [-0.39, 0.29) is 17.7 Å². The Morgan fingerprint density at radius 2 is 1.93 bits per heavy atom. The number of rotatable bonds is 7. The van der Waals surface area contributed by atoms with E-state index in [1.807, 2.05) is 4.68 Å². The summed E-state index contributed by atoms with van der Waals surface area (Å²) in [7, 11) is 1.58. The molecule has 1 aliphatic heterocycles. The normalized spacial score (nSPS) is 17.0. The van der Waals surface area contributed by atoms with Gasteiger partial charge in [0.05, 0.1) is 6.54 Å². The maximum atomic E-state index is 12.2. The van der Waals surface area contributed by atoms with E-state index in [9.17, 15) is 14.4 Å². The average Bonchev–Trinajstić information content (AvgIpc) is 3.10. The van der Waals surface area contributed by atoms with Crippen LogP contribution >= 0.6 is 0 Å². The molecule has 3 amide bonds. The van der Waals surface area contributed by atoms with Crippen LogP contribution in [0.3, 0.4) is 0 Å². The van der Waals surface area contributed by atoms with Crippen LogP contribution in [0.15, 0.2) is 0 Å². The predicted molar refractivity (Wildman–Crippen MR) is 109 cm³/mol. The summed E-state index contributed by atoms with van der Waals surface area (Å²) in [6, 6.07) is 0. The average molecular weight is 404 g/mol. The first-order valence-electron chi connectivity index (χ1n) is 10.8. The predicted octanol–water partition coefficient (Wildman–Crippen LogP) is 1.62. The molecule has 1 saturated carbocycles. The molecule has 0 aromatic carbocycles. The molecule has 29 heavy (non-hydrogen) atoms. The summed E-state index contributed by atoms with van der Waals surface area (Å²) < 4.78 is 1.82. The van der Waals surface area contributed by atoms with Crippen molar-refractivity contribution >= 4 is 17.7 Å². The van der Waals surface area contributed by atoms with Gasteiger partial charge in [0.25, 0.3) is 5.91 Å². The molecule has 0 saturated heterocycles. The van der Waals surface area contributed by atoms with Crippen LogP contribution < -0.4 is 10.6 Å². The molecule has 2 N–H and O–H groups in total. The lowest BCUT2D eigenvalue weighted by molar-refractivity contribution is -0.129. The second-order valence-corrected chi connectivity index (χ2v) is 8.16. The minimum Gasteiger partial charge on any atom is -0.354 e. The molecule has 1 fully saturated rings. The number of nitrogens with one attached hydrogen (secondary N) is 2. The van der Waals surface area contributed by atoms with Gasteiger partial charge >= 0.3 is 0 Å². The van der Waals surface area contributed by atoms with Gasteiger partial charge in [0.2, 0.25) is 11.8 Å². The maximum absolute atomic E-state index is 12.2. The van der Waals surface area contributed by atoms with Gasteiger partial charge in [0.15, 0.2) is 5.69 Å². The lowest BCUT2D eigenvalue weighted by Crippen LogP contribution is -2.36. The van der Waals surface area contributed by atoms with Crippen molar-refractivity contribution in [2.75, 3.05) is 20.1 Å². The molecule has 8 nitrogen and oxygen atoms in total. The molecule has 0 spiro atoms. The van der Waals surface area contributed by atoms with Gasteiger partial charge in [-0.05, 0) is 12.3 Å². The third-order valence-corrected chi connectivity index (χ3v) is 6.17. The largest absolute Gasteiger partial charge is 0.354 e. The number of carbonyl (C=O) groups excluding carboxylic acids is 3. The van der Waals surface area contributed by atoms with E-state index < -0.39 is 0 Å². The smallest absolute Gasteiger partial charge is 0.271 e. The van der Waals surface area contributed by atoms with Crippen molar-refractivity contribution in [3.05, 3.63) is 17.0 Å². The highest BCUT2D eigenvalue weighted by Gasteiger charge is 2.28. The fourth-order valence-electron chi connectivity index (χ4n) is 4.45. The Morgan fingerprint density at radius 3 is 2.62 bits per heavy atom. The molecule has 0 unspecified atom stereocenters. The number of fused-ring (bicyclic) bond motifs is 1. The second kappa shape index (κ2) is 9.89. The standard InChI is InChI=1S/C21H33N5O3/c1-15(27)25-12-10-18-17(14-25)20(21(29)22-2)24-26(18)13-11-23-19(28)9-8-16-6-4-3-5-7-16/h16H,3-14H2,1-2H3,(H,22,29)(H,23,28). The van der Waals surface area contributed by atoms with Crippen LogP contribution in [-0.4, -0.2) is 52.5 Å². The van der Waals surface area contributed by atoms with Crippen LogP contribution in [0.2, 0.25) is 0 Å². The Balaban J connectivity index is 1.56. The number of carbonyl (C=O) groups is 3. The molecule has 1 aromatic heterocycles. The number of amides is 3. The first kappa shape index (κ1) is 21.3. The zero-order valence-electron chi connectivity index (χ0n) is 17.6. The van der Waals surface area contributed by atoms with Gasteiger partial charge in [-0.25, -0.2) is 0 Å². The van der Waals surface area contributed by atoms with Crippen LogP contribution in [0.5, 0.6) is 0 Å². The van der Waals surface area contributed by atoms with Gasteiger partial charge < -0.3 is 15.5 Å². The van der Waals surface area contributed by atoms with E-state index in [0.717, 1.165) is 17.7 Å². The Labute approximate surface area is 172 Å². The molecular weight excluding hydrogens is 370 g/mol. The van der Waals surface area contributed by atoms with Crippen LogP contribution in [0.1, 0.15) is 73.6 Å². The summed E-state index contributed by atoms with van der Waals surface area (Å²) in [4.78, 5) is 37.9. The van der Waals surface area contributed by atoms with Gasteiger partial charge in [0, 0.05) is 57.7 Å². The summed E-state index contributed by atoms with van der Waals surface area (Å²) in [5.74, 6) is 0.538. The highest BCUT2D eigenvalue weighted by Crippen LogP contribution is 2.27. The topological polar surface area (TPSA) is 96.3 Å². The van der Waals surface area contributed by atoms with E-state index >= 15 is 0 Å². The number of hydrogen-bond donors (Lipinski definition) is 2. The Bertz CT molecular complexity index is 752. The first-order chi connectivity index (χ1) is 14.0. The minimum absolute atomic E-state index is 0.00325. The van der Waals surface area contributed by atoms with Gasteiger partial charge in [-0.3, -0.25) is 19.1 Å². The van der Waals surface area contributed by atoms with E-state index in [0.29, 0.717) is 50.6 Å². The summed E-state index contributed by atoms with van der Waals surface area (Å²) in [6.45, 7) is 3.57. The van der Waals surface area contributed by atoms with Crippen LogP contribution in [0.4, 0.5) is 0 Å². The molecule has 0 atom stereocenters. The van der Waals surface area contributed by atoms with E-state index in [1.165, 1.54) is 39.0 Å². The fourth-order valence-corrected chi connectivity index (χ4v) is 4.45. The van der Waals surface area contributed by atoms with Crippen molar-refractivity contribution in [2.24, 2.45) is 5.92 Å². The van der Waals surface area contributed by atoms with Crippen LogP contribution in [0.25, 0.3) is 0 Å². The molecule has 2 heterocycles. The van der Waals surface area contributed by atoms with Crippen molar-refractivity contribution < 1.29 is 14.4 Å². The molecule has 1 aromatic rings. The quantitative estimate of drug-likeness (QED) is 0.723. The second-order valence-electron chi connectivity index (χ2n) is 8.16. The third-order valence-electron chi connectivity index (χ3n) is 6.17.